The molecule has 0 bridgehead atoms. The number of carbonyl (C=O) groups excluding carboxylic acids is 1. The van der Waals surface area contributed by atoms with Crippen molar-refractivity contribution in [3.63, 3.8) is 0 Å². The van der Waals surface area contributed by atoms with Gasteiger partial charge in [-0.05, 0) is 70.3 Å². The molecule has 0 saturated heterocycles. The Morgan fingerprint density at radius 2 is 2.10 bits per heavy atom. The van der Waals surface area contributed by atoms with Gasteiger partial charge in [-0.25, -0.2) is 4.39 Å². The van der Waals surface area contributed by atoms with E-state index >= 15 is 4.39 Å². The lowest BCUT2D eigenvalue weighted by Crippen LogP contribution is -2.68. The third kappa shape index (κ3) is 2.61. The maximum Gasteiger partial charge on any atom is 0.178 e. The number of fused-ring (bicyclic) bond motifs is 5. The van der Waals surface area contributed by atoms with Gasteiger partial charge in [-0.2, -0.15) is 0 Å². The van der Waals surface area contributed by atoms with Crippen molar-refractivity contribution in [2.24, 2.45) is 22.7 Å². The number of allylic oxidation sites excluding steroid dienone is 4. The Hall–Kier alpha value is -1.09. The number of rotatable bonds is 3. The zero-order valence-corrected chi connectivity index (χ0v) is 18.6. The van der Waals surface area contributed by atoms with Crippen molar-refractivity contribution in [1.29, 1.82) is 0 Å². The summed E-state index contributed by atoms with van der Waals surface area (Å²) in [4.78, 5) is 11.9. The van der Waals surface area contributed by atoms with E-state index in [4.69, 9.17) is 4.74 Å². The zero-order valence-electron chi connectivity index (χ0n) is 17.8. The summed E-state index contributed by atoms with van der Waals surface area (Å²) >= 11 is 1.61. The average molecular weight is 419 g/mol. The number of ether oxygens (including phenoxy) is 1. The van der Waals surface area contributed by atoms with Gasteiger partial charge in [0.1, 0.15) is 5.60 Å². The maximum absolute atomic E-state index is 17.0. The van der Waals surface area contributed by atoms with E-state index in [0.29, 0.717) is 25.2 Å². The van der Waals surface area contributed by atoms with Crippen LogP contribution in [0.5, 0.6) is 0 Å². The predicted octanol–water partition coefficient (Wildman–Crippen LogP) is 4.46. The Balaban J connectivity index is 1.79. The van der Waals surface area contributed by atoms with Gasteiger partial charge in [0.25, 0.3) is 0 Å². The molecule has 29 heavy (non-hydrogen) atoms. The lowest BCUT2D eigenvalue weighted by molar-refractivity contribution is -0.213. The summed E-state index contributed by atoms with van der Waals surface area (Å²) in [5.41, 5.74) is -2.95. The second-order valence-corrected chi connectivity index (χ2v) is 10.4. The summed E-state index contributed by atoms with van der Waals surface area (Å²) in [7, 11) is 0. The number of carbonyl (C=O) groups is 1. The van der Waals surface area contributed by atoms with Crippen LogP contribution in [0.25, 0.3) is 0 Å². The Morgan fingerprint density at radius 1 is 1.34 bits per heavy atom. The van der Waals surface area contributed by atoms with Gasteiger partial charge >= 0.3 is 0 Å². The highest BCUT2D eigenvalue weighted by atomic mass is 32.2. The van der Waals surface area contributed by atoms with E-state index in [1.165, 1.54) is 6.08 Å². The molecule has 3 fully saturated rings. The van der Waals surface area contributed by atoms with Crippen molar-refractivity contribution >= 4 is 17.5 Å². The summed E-state index contributed by atoms with van der Waals surface area (Å²) in [5.74, 6) is 6.65. The highest BCUT2D eigenvalue weighted by Gasteiger charge is 2.73. The molecule has 0 aliphatic heterocycles. The quantitative estimate of drug-likeness (QED) is 0.543. The molecule has 0 aromatic heterocycles. The van der Waals surface area contributed by atoms with Crippen LogP contribution >= 0.6 is 11.8 Å². The lowest BCUT2D eigenvalue weighted by atomic mass is 9.45. The SMILES string of the molecule is CC#C[C@@]1(OCSC)CC[C@H]2[C@@H]3CCC4=CC(=O)C=C[C@]4(C)C3(F)[C@@H](O)C[C@@]21C. The van der Waals surface area contributed by atoms with Crippen LogP contribution in [0.2, 0.25) is 0 Å². The van der Waals surface area contributed by atoms with Gasteiger partial charge < -0.3 is 9.84 Å². The third-order valence-electron chi connectivity index (χ3n) is 8.51. The Morgan fingerprint density at radius 3 is 2.79 bits per heavy atom. The van der Waals surface area contributed by atoms with Crippen LogP contribution in [0.3, 0.4) is 0 Å². The molecule has 0 spiro atoms. The fourth-order valence-corrected chi connectivity index (χ4v) is 7.36. The van der Waals surface area contributed by atoms with E-state index in [-0.39, 0.29) is 17.6 Å². The zero-order chi connectivity index (χ0) is 21.1. The number of aliphatic hydroxyl groups excluding tert-OH is 1. The molecule has 7 atom stereocenters. The van der Waals surface area contributed by atoms with Crippen LogP contribution in [0.1, 0.15) is 52.9 Å². The first kappa shape index (κ1) is 21.2. The van der Waals surface area contributed by atoms with Crippen molar-refractivity contribution < 1.29 is 19.0 Å². The number of aliphatic hydroxyl groups is 1. The number of alkyl halides is 1. The normalized spacial score (nSPS) is 48.1. The van der Waals surface area contributed by atoms with E-state index < -0.39 is 28.2 Å². The first-order chi connectivity index (χ1) is 13.7. The second kappa shape index (κ2) is 6.97. The molecule has 158 valence electrons. The molecule has 4 aliphatic rings. The fraction of sp³-hybridized carbons (Fsp3) is 0.708. The van der Waals surface area contributed by atoms with Crippen molar-refractivity contribution in [3.05, 3.63) is 23.8 Å². The molecular weight excluding hydrogens is 387 g/mol. The summed E-state index contributed by atoms with van der Waals surface area (Å²) < 4.78 is 23.4. The minimum Gasteiger partial charge on any atom is -0.390 e. The van der Waals surface area contributed by atoms with Crippen molar-refractivity contribution in [2.75, 3.05) is 12.2 Å². The molecule has 0 radical (unpaired) electrons. The Labute approximate surface area is 177 Å². The van der Waals surface area contributed by atoms with Crippen LogP contribution < -0.4 is 0 Å². The molecule has 0 heterocycles. The molecule has 1 unspecified atom stereocenters. The Kier molecular flexibility index (Phi) is 5.08. The van der Waals surface area contributed by atoms with Gasteiger partial charge in [-0.15, -0.1) is 17.7 Å². The fourth-order valence-electron chi connectivity index (χ4n) is 7.04. The molecule has 0 aromatic rings. The summed E-state index contributed by atoms with van der Waals surface area (Å²) in [5, 5.41) is 11.3. The van der Waals surface area contributed by atoms with Gasteiger partial charge in [-0.1, -0.05) is 24.5 Å². The van der Waals surface area contributed by atoms with Crippen LogP contribution in [0, 0.1) is 34.5 Å². The lowest BCUT2D eigenvalue weighted by Gasteiger charge is -2.62. The molecular formula is C24H31FO3S. The second-order valence-electron chi connectivity index (χ2n) is 9.56. The third-order valence-corrected chi connectivity index (χ3v) is 8.86. The van der Waals surface area contributed by atoms with Gasteiger partial charge in [0.05, 0.1) is 12.0 Å². The van der Waals surface area contributed by atoms with Gasteiger partial charge in [0.15, 0.2) is 11.5 Å². The van der Waals surface area contributed by atoms with Crippen molar-refractivity contribution in [3.8, 4) is 11.8 Å². The number of ketones is 1. The van der Waals surface area contributed by atoms with Crippen LogP contribution in [-0.2, 0) is 9.53 Å². The molecule has 3 nitrogen and oxygen atoms in total. The van der Waals surface area contributed by atoms with Crippen molar-refractivity contribution in [2.45, 2.75) is 70.2 Å². The highest BCUT2D eigenvalue weighted by molar-refractivity contribution is 7.98. The molecule has 4 aliphatic carbocycles. The monoisotopic (exact) mass is 418 g/mol. The molecule has 5 heteroatoms. The summed E-state index contributed by atoms with van der Waals surface area (Å²) in [6, 6.07) is 0. The smallest absolute Gasteiger partial charge is 0.178 e. The predicted molar refractivity (Wildman–Crippen MR) is 114 cm³/mol. The average Bonchev–Trinajstić information content (AvgIpc) is 2.95. The minimum absolute atomic E-state index is 0.0850. The highest BCUT2D eigenvalue weighted by Crippen LogP contribution is 2.70. The number of hydrogen-bond donors (Lipinski definition) is 1. The van der Waals surface area contributed by atoms with E-state index in [1.807, 2.05) is 20.1 Å². The topological polar surface area (TPSA) is 46.5 Å². The van der Waals surface area contributed by atoms with Crippen LogP contribution in [0.15, 0.2) is 23.8 Å². The molecule has 0 amide bonds. The standard InChI is InChI=1S/C24H31FO3S/c1-5-10-23(28-15-29-4)12-9-18-19-7-6-16-13-17(26)8-11-21(16,2)24(19,25)20(27)14-22(18,23)3/h8,11,13,18-20,27H,6-7,9,12,14-15H2,1-4H3/t18-,19-,20-,21-,22-,23+,24?/m0/s1. The maximum atomic E-state index is 17.0. The Bertz CT molecular complexity index is 841. The van der Waals surface area contributed by atoms with Gasteiger partial charge in [0, 0.05) is 16.7 Å². The van der Waals surface area contributed by atoms with Gasteiger partial charge in [0.2, 0.25) is 0 Å². The first-order valence-corrected chi connectivity index (χ1v) is 12.0. The van der Waals surface area contributed by atoms with Gasteiger partial charge in [-0.3, -0.25) is 4.79 Å². The van der Waals surface area contributed by atoms with Crippen molar-refractivity contribution in [1.82, 2.24) is 0 Å². The van der Waals surface area contributed by atoms with Crippen LogP contribution in [0.4, 0.5) is 4.39 Å². The summed E-state index contributed by atoms with van der Waals surface area (Å²) in [6.07, 6.45) is 8.90. The molecule has 3 saturated carbocycles. The van der Waals surface area contributed by atoms with Crippen LogP contribution in [-0.4, -0.2) is 40.5 Å². The molecule has 1 N–H and O–H groups in total. The van der Waals surface area contributed by atoms with E-state index in [0.717, 1.165) is 18.4 Å². The largest absolute Gasteiger partial charge is 0.390 e. The molecule has 4 rings (SSSR count). The minimum atomic E-state index is -1.78. The van der Waals surface area contributed by atoms with E-state index in [2.05, 4.69) is 18.8 Å². The number of halogens is 1. The van der Waals surface area contributed by atoms with E-state index in [1.54, 1.807) is 23.9 Å². The number of hydrogen-bond acceptors (Lipinski definition) is 4. The number of thioether (sulfide) groups is 1. The molecule has 0 aromatic carbocycles. The first-order valence-electron chi connectivity index (χ1n) is 10.6. The van der Waals surface area contributed by atoms with E-state index in [9.17, 15) is 9.90 Å². The summed E-state index contributed by atoms with van der Waals surface area (Å²) in [6.45, 7) is 5.83.